The summed E-state index contributed by atoms with van der Waals surface area (Å²) < 4.78 is 5.13. The number of likely N-dealkylation sites (N-methyl/N-ethyl adjacent to an activating group) is 1. The van der Waals surface area contributed by atoms with Crippen LogP contribution in [0.4, 0.5) is 5.69 Å². The van der Waals surface area contributed by atoms with Crippen LogP contribution in [-0.4, -0.2) is 43.0 Å². The van der Waals surface area contributed by atoms with Gasteiger partial charge in [-0.05, 0) is 38.3 Å². The van der Waals surface area contributed by atoms with E-state index >= 15 is 0 Å². The van der Waals surface area contributed by atoms with E-state index in [9.17, 15) is 9.59 Å². The fraction of sp³-hybridized carbons (Fsp3) is 0.529. The van der Waals surface area contributed by atoms with Gasteiger partial charge < -0.3 is 20.7 Å². The number of hydrogen-bond acceptors (Lipinski definition) is 4. The molecule has 2 unspecified atom stereocenters. The van der Waals surface area contributed by atoms with E-state index in [-0.39, 0.29) is 30.3 Å². The van der Waals surface area contributed by atoms with Gasteiger partial charge in [-0.15, -0.1) is 0 Å². The van der Waals surface area contributed by atoms with Crippen molar-refractivity contribution < 1.29 is 14.3 Å². The molecule has 1 aliphatic rings. The molecule has 1 saturated carbocycles. The topological polar surface area (TPSA) is 84.7 Å². The van der Waals surface area contributed by atoms with Crippen molar-refractivity contribution in [3.8, 4) is 5.75 Å². The maximum absolute atomic E-state index is 12.5. The van der Waals surface area contributed by atoms with Crippen molar-refractivity contribution in [1.29, 1.82) is 0 Å². The van der Waals surface area contributed by atoms with E-state index in [0.717, 1.165) is 12.8 Å². The van der Waals surface area contributed by atoms with E-state index < -0.39 is 0 Å². The van der Waals surface area contributed by atoms with Gasteiger partial charge in [0.1, 0.15) is 5.75 Å². The van der Waals surface area contributed by atoms with Crippen molar-refractivity contribution >= 4 is 17.5 Å². The zero-order valence-corrected chi connectivity index (χ0v) is 13.7. The van der Waals surface area contributed by atoms with Crippen LogP contribution < -0.4 is 15.8 Å². The van der Waals surface area contributed by atoms with Gasteiger partial charge in [-0.1, -0.05) is 6.07 Å². The molecule has 0 radical (unpaired) electrons. The number of hydrogen-bond donors (Lipinski definition) is 2. The number of carbonyl (C=O) groups excluding carboxylic acids is 2. The van der Waals surface area contributed by atoms with Gasteiger partial charge in [-0.25, -0.2) is 0 Å². The molecule has 2 atom stereocenters. The number of carbonyl (C=O) groups is 2. The van der Waals surface area contributed by atoms with Crippen LogP contribution in [-0.2, 0) is 9.59 Å². The summed E-state index contributed by atoms with van der Waals surface area (Å²) in [6.45, 7) is 2.44. The monoisotopic (exact) mass is 319 g/mol. The molecule has 23 heavy (non-hydrogen) atoms. The van der Waals surface area contributed by atoms with Gasteiger partial charge in [0.05, 0.1) is 13.7 Å². The Hall–Kier alpha value is -2.08. The molecule has 0 saturated heterocycles. The van der Waals surface area contributed by atoms with Crippen LogP contribution in [0.15, 0.2) is 24.3 Å². The normalized spacial score (nSPS) is 20.1. The second-order valence-electron chi connectivity index (χ2n) is 5.90. The van der Waals surface area contributed by atoms with E-state index in [0.29, 0.717) is 24.4 Å². The number of methoxy groups -OCH3 is 1. The second-order valence-corrected chi connectivity index (χ2v) is 5.90. The van der Waals surface area contributed by atoms with Crippen molar-refractivity contribution in [2.75, 3.05) is 25.5 Å². The van der Waals surface area contributed by atoms with Crippen LogP contribution in [0.25, 0.3) is 0 Å². The zero-order chi connectivity index (χ0) is 16.8. The lowest BCUT2D eigenvalue weighted by molar-refractivity contribution is -0.138. The summed E-state index contributed by atoms with van der Waals surface area (Å²) in [4.78, 5) is 26.3. The minimum atomic E-state index is -0.212. The predicted molar refractivity (Wildman–Crippen MR) is 89.2 cm³/mol. The van der Waals surface area contributed by atoms with Gasteiger partial charge in [0.15, 0.2) is 0 Å². The number of amides is 2. The molecule has 6 heteroatoms. The van der Waals surface area contributed by atoms with Gasteiger partial charge in [-0.2, -0.15) is 0 Å². The number of rotatable bonds is 6. The molecule has 1 fully saturated rings. The summed E-state index contributed by atoms with van der Waals surface area (Å²) >= 11 is 0. The minimum Gasteiger partial charge on any atom is -0.497 e. The first-order valence-corrected chi connectivity index (χ1v) is 8.01. The Morgan fingerprint density at radius 1 is 1.39 bits per heavy atom. The van der Waals surface area contributed by atoms with E-state index in [2.05, 4.69) is 5.32 Å². The highest BCUT2D eigenvalue weighted by atomic mass is 16.5. The fourth-order valence-electron chi connectivity index (χ4n) is 2.92. The number of nitrogens with two attached hydrogens (primary N) is 1. The molecular weight excluding hydrogens is 294 g/mol. The van der Waals surface area contributed by atoms with Crippen molar-refractivity contribution in [2.45, 2.75) is 32.2 Å². The van der Waals surface area contributed by atoms with Crippen molar-refractivity contribution in [1.82, 2.24) is 4.90 Å². The Labute approximate surface area is 137 Å². The molecule has 2 rings (SSSR count). The average molecular weight is 319 g/mol. The lowest BCUT2D eigenvalue weighted by atomic mass is 10.1. The highest BCUT2D eigenvalue weighted by Crippen LogP contribution is 2.26. The number of ether oxygens (including phenoxy) is 1. The standard InChI is InChI=1S/C17H25N3O3/c1-3-20(17(22)12-7-8-13(18)9-12)11-16(21)19-14-5-4-6-15(10-14)23-2/h4-6,10,12-13H,3,7-9,11,18H2,1-2H3,(H,19,21). The smallest absolute Gasteiger partial charge is 0.243 e. The van der Waals surface area contributed by atoms with Crippen LogP contribution in [0.3, 0.4) is 0 Å². The zero-order valence-electron chi connectivity index (χ0n) is 13.7. The van der Waals surface area contributed by atoms with Gasteiger partial charge in [-0.3, -0.25) is 9.59 Å². The Bertz CT molecular complexity index is 562. The Kier molecular flexibility index (Phi) is 5.98. The molecule has 0 spiro atoms. The van der Waals surface area contributed by atoms with Crippen LogP contribution >= 0.6 is 0 Å². The molecule has 1 aromatic carbocycles. The van der Waals surface area contributed by atoms with Crippen molar-refractivity contribution in [3.05, 3.63) is 24.3 Å². The predicted octanol–water partition coefficient (Wildman–Crippen LogP) is 1.61. The Morgan fingerprint density at radius 3 is 2.78 bits per heavy atom. The minimum absolute atomic E-state index is 0.0289. The van der Waals surface area contributed by atoms with Gasteiger partial charge >= 0.3 is 0 Å². The molecule has 1 aromatic rings. The molecule has 126 valence electrons. The first-order valence-electron chi connectivity index (χ1n) is 8.01. The van der Waals surface area contributed by atoms with Crippen LogP contribution in [0.5, 0.6) is 5.75 Å². The lowest BCUT2D eigenvalue weighted by Gasteiger charge is -2.23. The third kappa shape index (κ3) is 4.69. The Morgan fingerprint density at radius 2 is 2.17 bits per heavy atom. The van der Waals surface area contributed by atoms with E-state index in [1.165, 1.54) is 0 Å². The highest BCUT2D eigenvalue weighted by molar-refractivity contribution is 5.95. The second kappa shape index (κ2) is 7.97. The van der Waals surface area contributed by atoms with Gasteiger partial charge in [0, 0.05) is 30.3 Å². The van der Waals surface area contributed by atoms with E-state index in [1.54, 1.807) is 36.3 Å². The summed E-state index contributed by atoms with van der Waals surface area (Å²) in [5, 5.41) is 2.80. The average Bonchev–Trinajstić information content (AvgIpc) is 2.98. The largest absolute Gasteiger partial charge is 0.497 e. The fourth-order valence-corrected chi connectivity index (χ4v) is 2.92. The molecule has 6 nitrogen and oxygen atoms in total. The molecule has 1 aliphatic carbocycles. The molecule has 0 aromatic heterocycles. The number of nitrogens with one attached hydrogen (secondary N) is 1. The Balaban J connectivity index is 1.92. The van der Waals surface area contributed by atoms with Gasteiger partial charge in [0.25, 0.3) is 0 Å². The first kappa shape index (κ1) is 17.3. The third-order valence-electron chi connectivity index (χ3n) is 4.20. The third-order valence-corrected chi connectivity index (χ3v) is 4.20. The van der Waals surface area contributed by atoms with E-state index in [1.807, 2.05) is 6.92 Å². The SMILES string of the molecule is CCN(CC(=O)Nc1cccc(OC)c1)C(=O)C1CCC(N)C1. The quantitative estimate of drug-likeness (QED) is 0.834. The number of benzene rings is 1. The van der Waals surface area contributed by atoms with Crippen molar-refractivity contribution in [3.63, 3.8) is 0 Å². The summed E-state index contributed by atoms with van der Waals surface area (Å²) in [6, 6.07) is 7.24. The van der Waals surface area contributed by atoms with Crippen molar-refractivity contribution in [2.24, 2.45) is 11.7 Å². The molecule has 3 N–H and O–H groups in total. The first-order chi connectivity index (χ1) is 11.0. The lowest BCUT2D eigenvalue weighted by Crippen LogP contribution is -2.41. The maximum atomic E-state index is 12.5. The van der Waals surface area contributed by atoms with Gasteiger partial charge in [0.2, 0.25) is 11.8 Å². The van der Waals surface area contributed by atoms with Crippen LogP contribution in [0, 0.1) is 5.92 Å². The van der Waals surface area contributed by atoms with Crippen LogP contribution in [0.1, 0.15) is 26.2 Å². The van der Waals surface area contributed by atoms with Crippen LogP contribution in [0.2, 0.25) is 0 Å². The summed E-state index contributed by atoms with van der Waals surface area (Å²) in [5.74, 6) is 0.442. The summed E-state index contributed by atoms with van der Waals surface area (Å²) in [7, 11) is 1.57. The number of anilines is 1. The van der Waals surface area contributed by atoms with E-state index in [4.69, 9.17) is 10.5 Å². The maximum Gasteiger partial charge on any atom is 0.243 e. The number of nitrogens with zero attached hydrogens (tertiary/aromatic N) is 1. The highest BCUT2D eigenvalue weighted by Gasteiger charge is 2.31. The summed E-state index contributed by atoms with van der Waals surface area (Å²) in [5.41, 5.74) is 6.53. The molecule has 0 bridgehead atoms. The molecule has 0 aliphatic heterocycles. The summed E-state index contributed by atoms with van der Waals surface area (Å²) in [6.07, 6.45) is 2.41. The molecular formula is C17H25N3O3. The molecule has 0 heterocycles. The molecule has 2 amide bonds.